The van der Waals surface area contributed by atoms with Crippen LogP contribution in [0.3, 0.4) is 0 Å². The molecule has 1 aliphatic carbocycles. The number of nitrogens with zero attached hydrogens (tertiary/aromatic N) is 1. The van der Waals surface area contributed by atoms with Gasteiger partial charge < -0.3 is 5.32 Å². The Labute approximate surface area is 112 Å². The highest BCUT2D eigenvalue weighted by atomic mass is 32.2. The predicted molar refractivity (Wildman–Crippen MR) is 72.5 cm³/mol. The second-order valence-electron chi connectivity index (χ2n) is 4.56. The molecule has 94 valence electrons. The quantitative estimate of drug-likeness (QED) is 0.850. The minimum atomic E-state index is -0.650. The third-order valence-electron chi connectivity index (χ3n) is 3.38. The lowest BCUT2D eigenvalue weighted by molar-refractivity contribution is 0.0917. The Morgan fingerprint density at radius 1 is 1.39 bits per heavy atom. The largest absolute Gasteiger partial charge is 0.334 e. The average Bonchev–Trinajstić information content (AvgIpc) is 2.87. The molecule has 0 saturated heterocycles. The summed E-state index contributed by atoms with van der Waals surface area (Å²) in [6, 6.07) is 9.77. The number of rotatable bonds is 3. The standard InChI is InChI=1S/C14H16N2OS/c1-18-12-7-3-2-6-11(12)13(17)16-14(10-15)8-4-5-9-14/h2-3,6-7H,4-5,8-9H2,1H3,(H,16,17). The fourth-order valence-corrected chi connectivity index (χ4v) is 2.96. The summed E-state index contributed by atoms with van der Waals surface area (Å²) in [5, 5.41) is 12.2. The maximum absolute atomic E-state index is 12.3. The third-order valence-corrected chi connectivity index (χ3v) is 4.17. The molecule has 1 aromatic rings. The normalized spacial score (nSPS) is 17.1. The molecule has 3 nitrogen and oxygen atoms in total. The molecular formula is C14H16N2OS. The van der Waals surface area contributed by atoms with Gasteiger partial charge in [0.05, 0.1) is 11.6 Å². The zero-order chi connectivity index (χ0) is 13.0. The maximum atomic E-state index is 12.3. The van der Waals surface area contributed by atoms with Gasteiger partial charge in [-0.3, -0.25) is 4.79 Å². The van der Waals surface area contributed by atoms with Crippen LogP contribution in [0.2, 0.25) is 0 Å². The summed E-state index contributed by atoms with van der Waals surface area (Å²) in [5.74, 6) is -0.136. The molecule has 0 heterocycles. The van der Waals surface area contributed by atoms with E-state index in [0.717, 1.165) is 30.6 Å². The Balaban J connectivity index is 2.19. The maximum Gasteiger partial charge on any atom is 0.253 e. The summed E-state index contributed by atoms with van der Waals surface area (Å²) in [7, 11) is 0. The third kappa shape index (κ3) is 2.51. The summed E-state index contributed by atoms with van der Waals surface area (Å²) in [4.78, 5) is 13.2. The lowest BCUT2D eigenvalue weighted by Crippen LogP contribution is -2.45. The molecule has 1 amide bonds. The first-order valence-electron chi connectivity index (χ1n) is 6.07. The monoisotopic (exact) mass is 260 g/mol. The van der Waals surface area contributed by atoms with Gasteiger partial charge in [0.1, 0.15) is 5.54 Å². The van der Waals surface area contributed by atoms with Crippen LogP contribution in [0.4, 0.5) is 0 Å². The number of nitrogens with one attached hydrogen (secondary N) is 1. The SMILES string of the molecule is CSc1ccccc1C(=O)NC1(C#N)CCCC1. The second-order valence-corrected chi connectivity index (χ2v) is 5.40. The summed E-state index contributed by atoms with van der Waals surface area (Å²) in [6.07, 6.45) is 5.49. The van der Waals surface area contributed by atoms with Crippen molar-refractivity contribution >= 4 is 17.7 Å². The minimum Gasteiger partial charge on any atom is -0.334 e. The number of hydrogen-bond acceptors (Lipinski definition) is 3. The van der Waals surface area contributed by atoms with E-state index in [2.05, 4.69) is 11.4 Å². The molecule has 0 unspecified atom stereocenters. The van der Waals surface area contributed by atoms with E-state index >= 15 is 0 Å². The average molecular weight is 260 g/mol. The van der Waals surface area contributed by atoms with E-state index in [9.17, 15) is 10.1 Å². The van der Waals surface area contributed by atoms with Crippen molar-refractivity contribution in [3.8, 4) is 6.07 Å². The molecule has 0 aliphatic heterocycles. The number of hydrogen-bond donors (Lipinski definition) is 1. The Hall–Kier alpha value is -1.47. The van der Waals surface area contributed by atoms with Gasteiger partial charge in [0.2, 0.25) is 0 Å². The molecule has 1 aliphatic rings. The van der Waals surface area contributed by atoms with Crippen LogP contribution in [0.1, 0.15) is 36.0 Å². The number of thioether (sulfide) groups is 1. The van der Waals surface area contributed by atoms with Gasteiger partial charge >= 0.3 is 0 Å². The van der Waals surface area contributed by atoms with Gasteiger partial charge in [0, 0.05) is 4.90 Å². The van der Waals surface area contributed by atoms with Crippen LogP contribution < -0.4 is 5.32 Å². The number of amides is 1. The molecule has 0 bridgehead atoms. The van der Waals surface area contributed by atoms with Crippen molar-refractivity contribution in [3.63, 3.8) is 0 Å². The first-order valence-corrected chi connectivity index (χ1v) is 7.30. The molecule has 1 N–H and O–H groups in total. The molecular weight excluding hydrogens is 244 g/mol. The van der Waals surface area contributed by atoms with Gasteiger partial charge in [0.25, 0.3) is 5.91 Å². The molecule has 0 aromatic heterocycles. The first kappa shape index (κ1) is 13.0. The highest BCUT2D eigenvalue weighted by molar-refractivity contribution is 7.98. The Bertz CT molecular complexity index is 487. The second kappa shape index (κ2) is 5.45. The zero-order valence-electron chi connectivity index (χ0n) is 10.4. The summed E-state index contributed by atoms with van der Waals surface area (Å²) >= 11 is 1.54. The number of nitriles is 1. The van der Waals surface area contributed by atoms with Crippen LogP contribution in [0.15, 0.2) is 29.2 Å². The van der Waals surface area contributed by atoms with E-state index in [-0.39, 0.29) is 5.91 Å². The van der Waals surface area contributed by atoms with Gasteiger partial charge in [-0.1, -0.05) is 12.1 Å². The van der Waals surface area contributed by atoms with Crippen molar-refractivity contribution in [2.24, 2.45) is 0 Å². The molecule has 1 aromatic carbocycles. The van der Waals surface area contributed by atoms with E-state index in [1.165, 1.54) is 0 Å². The Kier molecular flexibility index (Phi) is 3.93. The zero-order valence-corrected chi connectivity index (χ0v) is 11.2. The van der Waals surface area contributed by atoms with Gasteiger partial charge in [-0.2, -0.15) is 5.26 Å². The van der Waals surface area contributed by atoms with E-state index in [1.54, 1.807) is 17.8 Å². The van der Waals surface area contributed by atoms with Crippen molar-refractivity contribution in [3.05, 3.63) is 29.8 Å². The highest BCUT2D eigenvalue weighted by Crippen LogP contribution is 2.30. The fourth-order valence-electron chi connectivity index (χ4n) is 2.36. The lowest BCUT2D eigenvalue weighted by Gasteiger charge is -2.22. The van der Waals surface area contributed by atoms with Crippen molar-refractivity contribution in [1.82, 2.24) is 5.32 Å². The lowest BCUT2D eigenvalue weighted by atomic mass is 9.99. The van der Waals surface area contributed by atoms with Crippen molar-refractivity contribution in [2.75, 3.05) is 6.26 Å². The van der Waals surface area contributed by atoms with Crippen LogP contribution >= 0.6 is 11.8 Å². The summed E-state index contributed by atoms with van der Waals surface area (Å²) < 4.78 is 0. The Morgan fingerprint density at radius 2 is 2.06 bits per heavy atom. The number of carbonyl (C=O) groups is 1. The van der Waals surface area contributed by atoms with Gasteiger partial charge in [-0.15, -0.1) is 11.8 Å². The van der Waals surface area contributed by atoms with Gasteiger partial charge in [-0.05, 0) is 44.1 Å². The Morgan fingerprint density at radius 3 is 2.67 bits per heavy atom. The predicted octanol–water partition coefficient (Wildman–Crippen LogP) is 2.97. The summed E-state index contributed by atoms with van der Waals surface area (Å²) in [5.41, 5.74) is 0.00862. The number of benzene rings is 1. The van der Waals surface area contributed by atoms with Crippen LogP contribution in [-0.2, 0) is 0 Å². The molecule has 0 radical (unpaired) electrons. The molecule has 1 saturated carbocycles. The molecule has 18 heavy (non-hydrogen) atoms. The van der Waals surface area contributed by atoms with Gasteiger partial charge in [-0.25, -0.2) is 0 Å². The van der Waals surface area contributed by atoms with E-state index in [0.29, 0.717) is 5.56 Å². The highest BCUT2D eigenvalue weighted by Gasteiger charge is 2.35. The van der Waals surface area contributed by atoms with Crippen LogP contribution in [0.5, 0.6) is 0 Å². The van der Waals surface area contributed by atoms with Crippen LogP contribution in [0, 0.1) is 11.3 Å². The van der Waals surface area contributed by atoms with Crippen molar-refractivity contribution < 1.29 is 4.79 Å². The molecule has 0 atom stereocenters. The van der Waals surface area contributed by atoms with E-state index in [4.69, 9.17) is 0 Å². The van der Waals surface area contributed by atoms with Gasteiger partial charge in [0.15, 0.2) is 0 Å². The van der Waals surface area contributed by atoms with E-state index < -0.39 is 5.54 Å². The van der Waals surface area contributed by atoms with Crippen molar-refractivity contribution in [2.45, 2.75) is 36.1 Å². The van der Waals surface area contributed by atoms with Crippen molar-refractivity contribution in [1.29, 1.82) is 5.26 Å². The number of carbonyl (C=O) groups excluding carboxylic acids is 1. The fraction of sp³-hybridized carbons (Fsp3) is 0.429. The molecule has 1 fully saturated rings. The first-order chi connectivity index (χ1) is 8.71. The smallest absolute Gasteiger partial charge is 0.253 e. The molecule has 4 heteroatoms. The topological polar surface area (TPSA) is 52.9 Å². The summed E-state index contributed by atoms with van der Waals surface area (Å²) in [6.45, 7) is 0. The molecule has 2 rings (SSSR count). The minimum absolute atomic E-state index is 0.136. The van der Waals surface area contributed by atoms with Crippen LogP contribution in [-0.4, -0.2) is 17.7 Å². The molecule has 0 spiro atoms. The van der Waals surface area contributed by atoms with Crippen LogP contribution in [0.25, 0.3) is 0 Å². The van der Waals surface area contributed by atoms with E-state index in [1.807, 2.05) is 24.5 Å².